The van der Waals surface area contributed by atoms with Crippen molar-refractivity contribution in [2.24, 2.45) is 11.1 Å². The van der Waals surface area contributed by atoms with Crippen molar-refractivity contribution in [2.45, 2.75) is 52.6 Å². The highest BCUT2D eigenvalue weighted by molar-refractivity contribution is 6.08. The molecule has 0 saturated heterocycles. The zero-order valence-corrected chi connectivity index (χ0v) is 16.0. The number of carbonyl (C=O) groups is 3. The number of rotatable bonds is 8. The zero-order valence-electron chi connectivity index (χ0n) is 16.0. The number of unbranched alkanes of at least 4 members (excludes halogenated alkanes) is 1. The molecular weight excluding hydrogens is 346 g/mol. The molecule has 0 aliphatic carbocycles. The van der Waals surface area contributed by atoms with Gasteiger partial charge in [-0.05, 0) is 24.3 Å². The van der Waals surface area contributed by atoms with Crippen LogP contribution in [0, 0.1) is 5.41 Å². The average molecular weight is 373 g/mol. The molecule has 27 heavy (non-hydrogen) atoms. The molecule has 7 heteroatoms. The van der Waals surface area contributed by atoms with E-state index in [-0.39, 0.29) is 12.3 Å². The lowest BCUT2D eigenvalue weighted by molar-refractivity contribution is -0.137. The normalized spacial score (nSPS) is 12.7. The molecule has 2 aromatic rings. The summed E-state index contributed by atoms with van der Waals surface area (Å²) < 4.78 is 1.95. The molecule has 0 spiro atoms. The highest BCUT2D eigenvalue weighted by Crippen LogP contribution is 2.24. The van der Waals surface area contributed by atoms with Crippen molar-refractivity contribution >= 4 is 28.7 Å². The molecule has 7 nitrogen and oxygen atoms in total. The molecule has 1 aromatic carbocycles. The highest BCUT2D eigenvalue weighted by atomic mass is 16.4. The van der Waals surface area contributed by atoms with E-state index in [0.29, 0.717) is 24.9 Å². The molecule has 0 aliphatic rings. The summed E-state index contributed by atoms with van der Waals surface area (Å²) >= 11 is 0. The Morgan fingerprint density at radius 1 is 1.19 bits per heavy atom. The number of hydrogen-bond donors (Lipinski definition) is 3. The van der Waals surface area contributed by atoms with Gasteiger partial charge in [-0.25, -0.2) is 0 Å². The molecule has 2 amide bonds. The molecule has 1 heterocycles. The van der Waals surface area contributed by atoms with Crippen molar-refractivity contribution in [2.75, 3.05) is 0 Å². The van der Waals surface area contributed by atoms with Crippen LogP contribution in [0.5, 0.6) is 0 Å². The molecule has 0 fully saturated rings. The van der Waals surface area contributed by atoms with E-state index in [1.165, 1.54) is 0 Å². The van der Waals surface area contributed by atoms with Gasteiger partial charge in [0.05, 0.1) is 5.56 Å². The van der Waals surface area contributed by atoms with Crippen molar-refractivity contribution < 1.29 is 19.5 Å². The Bertz CT molecular complexity index is 849. The number of carbonyl (C=O) groups excluding carboxylic acids is 2. The molecule has 1 aromatic heterocycles. The van der Waals surface area contributed by atoms with Gasteiger partial charge in [0.15, 0.2) is 0 Å². The smallest absolute Gasteiger partial charge is 0.303 e. The highest BCUT2D eigenvalue weighted by Gasteiger charge is 2.32. The molecule has 1 atom stereocenters. The number of carboxylic acid groups (broad SMARTS) is 1. The van der Waals surface area contributed by atoms with Crippen LogP contribution in [0.1, 0.15) is 50.4 Å². The number of fused-ring (bicyclic) bond motifs is 1. The monoisotopic (exact) mass is 373 g/mol. The molecule has 4 N–H and O–H groups in total. The summed E-state index contributed by atoms with van der Waals surface area (Å²) in [4.78, 5) is 35.3. The topological polar surface area (TPSA) is 114 Å². The van der Waals surface area contributed by atoms with Crippen molar-refractivity contribution in [3.63, 3.8) is 0 Å². The van der Waals surface area contributed by atoms with Gasteiger partial charge in [-0.2, -0.15) is 0 Å². The van der Waals surface area contributed by atoms with E-state index in [1.54, 1.807) is 6.20 Å². The maximum Gasteiger partial charge on any atom is 0.303 e. The molecule has 0 saturated carbocycles. The first-order valence-electron chi connectivity index (χ1n) is 9.01. The fourth-order valence-electron chi connectivity index (χ4n) is 3.09. The summed E-state index contributed by atoms with van der Waals surface area (Å²) in [5.74, 6) is -1.74. The second kappa shape index (κ2) is 8.24. The van der Waals surface area contributed by atoms with E-state index >= 15 is 0 Å². The van der Waals surface area contributed by atoms with Crippen molar-refractivity contribution in [1.82, 2.24) is 9.88 Å². The molecular formula is C20H27N3O4. The first-order valence-corrected chi connectivity index (χ1v) is 9.01. The Morgan fingerprint density at radius 2 is 1.85 bits per heavy atom. The largest absolute Gasteiger partial charge is 0.481 e. The van der Waals surface area contributed by atoms with E-state index in [2.05, 4.69) is 5.32 Å². The molecule has 0 radical (unpaired) electrons. The molecule has 146 valence electrons. The van der Waals surface area contributed by atoms with E-state index in [0.717, 1.165) is 10.9 Å². The number of primary amides is 1. The number of aromatic nitrogens is 1. The van der Waals surface area contributed by atoms with E-state index in [9.17, 15) is 14.4 Å². The van der Waals surface area contributed by atoms with Gasteiger partial charge in [0.25, 0.3) is 5.91 Å². The van der Waals surface area contributed by atoms with E-state index in [4.69, 9.17) is 10.8 Å². The van der Waals surface area contributed by atoms with Crippen LogP contribution in [0.15, 0.2) is 30.5 Å². The number of aryl methyl sites for hydroxylation is 1. The number of nitrogens with one attached hydrogen (secondary N) is 1. The number of benzene rings is 1. The summed E-state index contributed by atoms with van der Waals surface area (Å²) in [6.07, 6.45) is 3.13. The number of para-hydroxylation sites is 1. The molecule has 0 aliphatic heterocycles. The Balaban J connectivity index is 2.26. The number of hydrogen-bond acceptors (Lipinski definition) is 3. The van der Waals surface area contributed by atoms with Gasteiger partial charge in [-0.1, -0.05) is 39.0 Å². The van der Waals surface area contributed by atoms with Gasteiger partial charge in [-0.15, -0.1) is 0 Å². The molecule has 0 unspecified atom stereocenters. The number of nitrogens with two attached hydrogens (primary N) is 1. The van der Waals surface area contributed by atoms with Gasteiger partial charge in [0, 0.05) is 30.1 Å². The Kier molecular flexibility index (Phi) is 6.25. The molecule has 0 bridgehead atoms. The summed E-state index contributed by atoms with van der Waals surface area (Å²) in [6.45, 7) is 6.14. The molecule has 2 rings (SSSR count). The lowest BCUT2D eigenvalue weighted by atomic mass is 9.86. The first kappa shape index (κ1) is 20.5. The van der Waals surface area contributed by atoms with Gasteiger partial charge in [0.1, 0.15) is 6.04 Å². The van der Waals surface area contributed by atoms with Crippen LogP contribution < -0.4 is 11.1 Å². The predicted molar refractivity (Wildman–Crippen MR) is 103 cm³/mol. The Labute approximate surface area is 158 Å². The maximum absolute atomic E-state index is 12.8. The number of carboxylic acids is 1. The maximum atomic E-state index is 12.8. The van der Waals surface area contributed by atoms with Crippen molar-refractivity contribution in [3.05, 3.63) is 36.0 Å². The average Bonchev–Trinajstić information content (AvgIpc) is 2.94. The van der Waals surface area contributed by atoms with Crippen LogP contribution in [0.4, 0.5) is 0 Å². The third-order valence-electron chi connectivity index (χ3n) is 4.50. The van der Waals surface area contributed by atoms with E-state index in [1.807, 2.05) is 49.6 Å². The van der Waals surface area contributed by atoms with Crippen molar-refractivity contribution in [1.29, 1.82) is 0 Å². The lowest BCUT2D eigenvalue weighted by Gasteiger charge is -2.28. The summed E-state index contributed by atoms with van der Waals surface area (Å²) in [5, 5.41) is 12.3. The quantitative estimate of drug-likeness (QED) is 0.617. The van der Waals surface area contributed by atoms with Crippen molar-refractivity contribution in [3.8, 4) is 0 Å². The van der Waals surface area contributed by atoms with Crippen LogP contribution in [-0.4, -0.2) is 33.5 Å². The van der Waals surface area contributed by atoms with Crippen LogP contribution in [-0.2, 0) is 16.1 Å². The van der Waals surface area contributed by atoms with Crippen LogP contribution in [0.3, 0.4) is 0 Å². The third kappa shape index (κ3) is 5.09. The zero-order chi connectivity index (χ0) is 20.2. The van der Waals surface area contributed by atoms with Gasteiger partial charge in [0.2, 0.25) is 5.91 Å². The fraction of sp³-hybridized carbons (Fsp3) is 0.450. The first-order chi connectivity index (χ1) is 12.6. The van der Waals surface area contributed by atoms with Crippen LogP contribution >= 0.6 is 0 Å². The number of amides is 2. The lowest BCUT2D eigenvalue weighted by Crippen LogP contribution is -2.52. The minimum atomic E-state index is -0.813. The van der Waals surface area contributed by atoms with E-state index < -0.39 is 23.3 Å². The van der Waals surface area contributed by atoms with Gasteiger partial charge >= 0.3 is 5.97 Å². The minimum Gasteiger partial charge on any atom is -0.481 e. The fourth-order valence-corrected chi connectivity index (χ4v) is 3.09. The van der Waals surface area contributed by atoms with Crippen LogP contribution in [0.2, 0.25) is 0 Å². The summed E-state index contributed by atoms with van der Waals surface area (Å²) in [7, 11) is 0. The number of nitrogens with zero attached hydrogens (tertiary/aromatic N) is 1. The Hall–Kier alpha value is -2.83. The summed E-state index contributed by atoms with van der Waals surface area (Å²) in [6, 6.07) is 6.72. The summed E-state index contributed by atoms with van der Waals surface area (Å²) in [5.41, 5.74) is 6.33. The predicted octanol–water partition coefficient (Wildman–Crippen LogP) is 2.53. The standard InChI is InChI=1S/C20H27N3O4/c1-20(2,3)17(18(21)26)22-19(27)14-12-23(11-7-6-10-16(24)25)15-9-5-4-8-13(14)15/h4-5,8-9,12,17H,6-7,10-11H2,1-3H3,(H2,21,26)(H,22,27)(H,24,25)/t17-/m1/s1. The minimum absolute atomic E-state index is 0.123. The van der Waals surface area contributed by atoms with Gasteiger partial charge in [-0.3, -0.25) is 14.4 Å². The van der Waals surface area contributed by atoms with Crippen LogP contribution in [0.25, 0.3) is 10.9 Å². The Morgan fingerprint density at radius 3 is 2.44 bits per heavy atom. The third-order valence-corrected chi connectivity index (χ3v) is 4.50. The SMILES string of the molecule is CC(C)(C)[C@H](NC(=O)c1cn(CCCCC(=O)O)c2ccccc12)C(N)=O. The van der Waals surface area contributed by atoms with Gasteiger partial charge < -0.3 is 20.7 Å². The second-order valence-corrected chi connectivity index (χ2v) is 7.78. The second-order valence-electron chi connectivity index (χ2n) is 7.78. The number of aliphatic carboxylic acids is 1.